The zero-order chi connectivity index (χ0) is 27.4. The van der Waals surface area contributed by atoms with E-state index in [1.165, 1.54) is 22.1 Å². The lowest BCUT2D eigenvalue weighted by Gasteiger charge is -2.39. The van der Waals surface area contributed by atoms with Gasteiger partial charge in [-0.1, -0.05) is 42.5 Å². The zero-order valence-corrected chi connectivity index (χ0v) is 23.7. The number of amides is 1. The SMILES string of the molecule is Cn1ncc2cc(C3=CCC(OC[C@@H]4CN(Cc5ccccc5)CC[C@@H]4NC(=O)OC(C)(C)C)CC3)ccc21. The molecular weight excluding hydrogens is 488 g/mol. The number of nitrogens with zero attached hydrogens (tertiary/aromatic N) is 3. The third-order valence-corrected chi connectivity index (χ3v) is 7.79. The van der Waals surface area contributed by atoms with Crippen LogP contribution in [0.2, 0.25) is 0 Å². The average molecular weight is 531 g/mol. The third kappa shape index (κ3) is 7.28. The molecule has 1 N–H and O–H groups in total. The number of hydrogen-bond donors (Lipinski definition) is 1. The number of aryl methyl sites for hydroxylation is 1. The van der Waals surface area contributed by atoms with Crippen molar-refractivity contribution >= 4 is 22.6 Å². The van der Waals surface area contributed by atoms with E-state index in [4.69, 9.17) is 9.47 Å². The first-order valence-corrected chi connectivity index (χ1v) is 14.2. The molecule has 39 heavy (non-hydrogen) atoms. The van der Waals surface area contributed by atoms with Gasteiger partial charge in [-0.2, -0.15) is 5.10 Å². The number of nitrogens with one attached hydrogen (secondary N) is 1. The monoisotopic (exact) mass is 530 g/mol. The van der Waals surface area contributed by atoms with Crippen molar-refractivity contribution in [3.05, 3.63) is 71.9 Å². The molecule has 2 heterocycles. The smallest absolute Gasteiger partial charge is 0.407 e. The van der Waals surface area contributed by atoms with E-state index in [1.54, 1.807) is 0 Å². The summed E-state index contributed by atoms with van der Waals surface area (Å²) in [6, 6.07) is 17.2. The molecule has 3 atom stereocenters. The number of rotatable bonds is 7. The Bertz CT molecular complexity index is 1290. The first kappa shape index (κ1) is 27.4. The minimum absolute atomic E-state index is 0.0350. The number of aromatic nitrogens is 2. The highest BCUT2D eigenvalue weighted by Crippen LogP contribution is 2.31. The number of hydrogen-bond acceptors (Lipinski definition) is 5. The number of ether oxygens (including phenoxy) is 2. The van der Waals surface area contributed by atoms with Gasteiger partial charge >= 0.3 is 6.09 Å². The molecule has 208 valence electrons. The quantitative estimate of drug-likeness (QED) is 0.409. The molecule has 2 aromatic carbocycles. The van der Waals surface area contributed by atoms with Crippen LogP contribution in [-0.4, -0.2) is 58.2 Å². The summed E-state index contributed by atoms with van der Waals surface area (Å²) in [7, 11) is 1.98. The van der Waals surface area contributed by atoms with Gasteiger partial charge in [0.05, 0.1) is 24.4 Å². The van der Waals surface area contributed by atoms with Crippen molar-refractivity contribution < 1.29 is 14.3 Å². The molecule has 1 saturated heterocycles. The molecule has 1 aliphatic carbocycles. The first-order valence-electron chi connectivity index (χ1n) is 14.2. The van der Waals surface area contributed by atoms with E-state index in [9.17, 15) is 4.79 Å². The Balaban J connectivity index is 1.20. The molecule has 7 heteroatoms. The maximum absolute atomic E-state index is 12.6. The molecule has 0 radical (unpaired) electrons. The Labute approximate surface area is 232 Å². The van der Waals surface area contributed by atoms with Crippen molar-refractivity contribution in [3.8, 4) is 0 Å². The number of benzene rings is 2. The fraction of sp³-hybridized carbons (Fsp3) is 0.500. The Morgan fingerprint density at radius 2 is 1.95 bits per heavy atom. The van der Waals surface area contributed by atoms with E-state index in [0.717, 1.165) is 50.8 Å². The third-order valence-electron chi connectivity index (χ3n) is 7.79. The van der Waals surface area contributed by atoms with Gasteiger partial charge in [-0.25, -0.2) is 4.79 Å². The number of fused-ring (bicyclic) bond motifs is 1. The summed E-state index contributed by atoms with van der Waals surface area (Å²) >= 11 is 0. The van der Waals surface area contributed by atoms with Crippen molar-refractivity contribution in [2.75, 3.05) is 19.7 Å². The normalized spacial score (nSPS) is 22.5. The van der Waals surface area contributed by atoms with Crippen LogP contribution in [0.3, 0.4) is 0 Å². The number of carbonyl (C=O) groups excluding carboxylic acids is 1. The summed E-state index contributed by atoms with van der Waals surface area (Å²) in [5.41, 5.74) is 4.61. The molecule has 1 aromatic heterocycles. The van der Waals surface area contributed by atoms with Gasteiger partial charge in [-0.05, 0) is 75.3 Å². The highest BCUT2D eigenvalue weighted by molar-refractivity contribution is 5.83. The number of likely N-dealkylation sites (tertiary alicyclic amines) is 1. The van der Waals surface area contributed by atoms with Gasteiger partial charge in [0, 0.05) is 44.0 Å². The van der Waals surface area contributed by atoms with Gasteiger partial charge in [-0.3, -0.25) is 9.58 Å². The fourth-order valence-corrected chi connectivity index (χ4v) is 5.76. The lowest BCUT2D eigenvalue weighted by Crippen LogP contribution is -2.53. The zero-order valence-electron chi connectivity index (χ0n) is 23.7. The lowest BCUT2D eigenvalue weighted by molar-refractivity contribution is -0.00939. The van der Waals surface area contributed by atoms with Gasteiger partial charge in [-0.15, -0.1) is 0 Å². The van der Waals surface area contributed by atoms with Crippen LogP contribution in [0.1, 0.15) is 57.6 Å². The number of piperidine rings is 1. The molecule has 0 saturated carbocycles. The lowest BCUT2D eigenvalue weighted by atomic mass is 9.90. The van der Waals surface area contributed by atoms with E-state index < -0.39 is 5.60 Å². The van der Waals surface area contributed by atoms with Crippen LogP contribution < -0.4 is 5.32 Å². The van der Waals surface area contributed by atoms with Crippen LogP contribution in [0.15, 0.2) is 60.8 Å². The molecule has 2 aliphatic rings. The van der Waals surface area contributed by atoms with Crippen LogP contribution in [0, 0.1) is 5.92 Å². The van der Waals surface area contributed by atoms with E-state index in [2.05, 4.69) is 69.9 Å². The first-order chi connectivity index (χ1) is 18.7. The Kier molecular flexibility index (Phi) is 8.38. The largest absolute Gasteiger partial charge is 0.444 e. The molecular formula is C32H42N4O3. The van der Waals surface area contributed by atoms with Gasteiger partial charge < -0.3 is 14.8 Å². The van der Waals surface area contributed by atoms with Crippen molar-refractivity contribution in [1.29, 1.82) is 0 Å². The van der Waals surface area contributed by atoms with Crippen molar-refractivity contribution in [2.24, 2.45) is 13.0 Å². The fourth-order valence-electron chi connectivity index (χ4n) is 5.76. The Morgan fingerprint density at radius 1 is 1.13 bits per heavy atom. The van der Waals surface area contributed by atoms with E-state index >= 15 is 0 Å². The summed E-state index contributed by atoms with van der Waals surface area (Å²) in [6.07, 6.45) is 7.91. The average Bonchev–Trinajstić information content (AvgIpc) is 3.28. The van der Waals surface area contributed by atoms with E-state index in [1.807, 2.05) is 38.7 Å². The summed E-state index contributed by atoms with van der Waals surface area (Å²) in [4.78, 5) is 15.1. The molecule has 3 aromatic rings. The molecule has 0 spiro atoms. The van der Waals surface area contributed by atoms with Crippen molar-refractivity contribution in [2.45, 2.75) is 70.7 Å². The molecule has 1 unspecified atom stereocenters. The standard InChI is InChI=1S/C32H42N4O3/c1-32(2,3)39-31(37)34-29-16-17-36(20-23-8-6-5-7-9-23)21-27(29)22-38-28-13-10-24(11-14-28)25-12-15-30-26(18-25)19-33-35(30)4/h5-10,12,15,18-19,27-29H,11,13-14,16-17,20-22H2,1-4H3,(H,34,37)/t27-,28?,29-/m0/s1. The van der Waals surface area contributed by atoms with E-state index in [0.29, 0.717) is 6.61 Å². The van der Waals surface area contributed by atoms with E-state index in [-0.39, 0.29) is 24.2 Å². The number of alkyl carbamates (subject to hydrolysis) is 1. The summed E-state index contributed by atoms with van der Waals surface area (Å²) in [5.74, 6) is 0.202. The predicted octanol–water partition coefficient (Wildman–Crippen LogP) is 5.94. The summed E-state index contributed by atoms with van der Waals surface area (Å²) in [6.45, 7) is 9.05. The molecule has 0 bridgehead atoms. The second kappa shape index (κ2) is 11.9. The van der Waals surface area contributed by atoms with Gasteiger partial charge in [0.25, 0.3) is 0 Å². The van der Waals surface area contributed by atoms with Crippen molar-refractivity contribution in [1.82, 2.24) is 20.0 Å². The van der Waals surface area contributed by atoms with Crippen LogP contribution in [0.25, 0.3) is 16.5 Å². The second-order valence-electron chi connectivity index (χ2n) is 12.0. The van der Waals surface area contributed by atoms with Crippen LogP contribution in [0.5, 0.6) is 0 Å². The van der Waals surface area contributed by atoms with Crippen LogP contribution in [-0.2, 0) is 23.1 Å². The predicted molar refractivity (Wildman–Crippen MR) is 155 cm³/mol. The molecule has 1 fully saturated rings. The maximum atomic E-state index is 12.6. The highest BCUT2D eigenvalue weighted by atomic mass is 16.6. The summed E-state index contributed by atoms with van der Waals surface area (Å²) < 4.78 is 14.0. The number of allylic oxidation sites excluding steroid dienone is 1. The van der Waals surface area contributed by atoms with Crippen LogP contribution in [0.4, 0.5) is 4.79 Å². The second-order valence-corrected chi connectivity index (χ2v) is 12.0. The minimum atomic E-state index is -0.516. The summed E-state index contributed by atoms with van der Waals surface area (Å²) in [5, 5.41) is 8.70. The van der Waals surface area contributed by atoms with Gasteiger partial charge in [0.2, 0.25) is 0 Å². The number of carbonyl (C=O) groups is 1. The topological polar surface area (TPSA) is 68.6 Å². The van der Waals surface area contributed by atoms with Gasteiger partial charge in [0.1, 0.15) is 5.60 Å². The highest BCUT2D eigenvalue weighted by Gasteiger charge is 2.32. The molecule has 1 aliphatic heterocycles. The maximum Gasteiger partial charge on any atom is 0.407 e. The Morgan fingerprint density at radius 3 is 2.69 bits per heavy atom. The minimum Gasteiger partial charge on any atom is -0.444 e. The molecule has 1 amide bonds. The van der Waals surface area contributed by atoms with Crippen LogP contribution >= 0.6 is 0 Å². The molecule has 7 nitrogen and oxygen atoms in total. The van der Waals surface area contributed by atoms with Crippen molar-refractivity contribution in [3.63, 3.8) is 0 Å². The Hall–Kier alpha value is -3.16. The molecule has 5 rings (SSSR count). The van der Waals surface area contributed by atoms with Gasteiger partial charge in [0.15, 0.2) is 0 Å².